The number of nitrogens with one attached hydrogen (secondary N) is 2. The third kappa shape index (κ3) is 4.83. The van der Waals surface area contributed by atoms with Crippen molar-refractivity contribution in [3.8, 4) is 6.07 Å². The largest absolute Gasteiger partial charge is 0.408 e. The van der Waals surface area contributed by atoms with Gasteiger partial charge in [-0.25, -0.2) is 0 Å². The summed E-state index contributed by atoms with van der Waals surface area (Å²) < 4.78 is 49.1. The first-order valence-corrected chi connectivity index (χ1v) is 12.8. The van der Waals surface area contributed by atoms with Gasteiger partial charge < -0.3 is 15.0 Å². The molecular weight excluding hydrogens is 493 g/mol. The number of ether oxygens (including phenoxy) is 1. The molecule has 5 rings (SSSR count). The number of nitrogens with zero attached hydrogens (tertiary/aromatic N) is 4. The quantitative estimate of drug-likeness (QED) is 0.522. The summed E-state index contributed by atoms with van der Waals surface area (Å²) in [6, 6.07) is 8.06. The number of hydrogen-bond donors (Lipinski definition) is 2. The minimum Gasteiger partial charge on any atom is -0.379 e. The number of benzene rings is 1. The molecule has 4 heterocycles. The lowest BCUT2D eigenvalue weighted by molar-refractivity contribution is -0.185. The molecule has 2 aromatic heterocycles. The molecule has 0 radical (unpaired) electrons. The molecule has 1 aromatic carbocycles. The Bertz CT molecular complexity index is 1310. The van der Waals surface area contributed by atoms with Crippen LogP contribution in [0.25, 0.3) is 10.9 Å². The second-order valence-corrected chi connectivity index (χ2v) is 10.1. The Hall–Kier alpha value is -3.01. The predicted molar refractivity (Wildman–Crippen MR) is 131 cm³/mol. The number of hydrogen-bond acceptors (Lipinski definition) is 7. The monoisotopic (exact) mass is 518 g/mol. The molecule has 0 aliphatic carbocycles. The van der Waals surface area contributed by atoms with Gasteiger partial charge >= 0.3 is 6.18 Å². The van der Waals surface area contributed by atoms with Crippen LogP contribution in [0.5, 0.6) is 0 Å². The first-order valence-electron chi connectivity index (χ1n) is 11.7. The molecule has 8 nitrogen and oxygen atoms in total. The predicted octanol–water partition coefficient (Wildman–Crippen LogP) is 4.22. The molecule has 3 aromatic rings. The van der Waals surface area contributed by atoms with Gasteiger partial charge in [0.25, 0.3) is 5.56 Å². The molecule has 0 saturated carbocycles. The van der Waals surface area contributed by atoms with Gasteiger partial charge in [-0.2, -0.15) is 35.3 Å². The van der Waals surface area contributed by atoms with Gasteiger partial charge in [0.05, 0.1) is 30.2 Å². The van der Waals surface area contributed by atoms with Crippen molar-refractivity contribution in [2.45, 2.75) is 24.7 Å². The molecule has 12 heteroatoms. The number of alkyl halides is 3. The smallest absolute Gasteiger partial charge is 0.379 e. The van der Waals surface area contributed by atoms with E-state index in [4.69, 9.17) is 4.74 Å². The van der Waals surface area contributed by atoms with E-state index >= 15 is 0 Å². The van der Waals surface area contributed by atoms with Gasteiger partial charge in [-0.3, -0.25) is 14.4 Å². The summed E-state index contributed by atoms with van der Waals surface area (Å²) in [5, 5.41) is 17.6. The number of rotatable bonds is 5. The van der Waals surface area contributed by atoms with Gasteiger partial charge in [0, 0.05) is 43.1 Å². The first kappa shape index (κ1) is 24.7. The Balaban J connectivity index is 1.46. The SMILES string of the molecule is N#CC1CCOCC1n1nc(Nc2ccc(C(N3CCSCC3)C(F)(F)F)cc2)c2c(=O)[nH]ccc21. The zero-order chi connectivity index (χ0) is 25.3. The molecule has 2 aliphatic rings. The van der Waals surface area contributed by atoms with Crippen LogP contribution < -0.4 is 10.9 Å². The summed E-state index contributed by atoms with van der Waals surface area (Å²) in [6.45, 7) is 1.55. The summed E-state index contributed by atoms with van der Waals surface area (Å²) in [4.78, 5) is 16.8. The molecule has 2 saturated heterocycles. The van der Waals surface area contributed by atoms with Crippen LogP contribution in [0.2, 0.25) is 0 Å². The number of nitriles is 1. The third-order valence-electron chi connectivity index (χ3n) is 6.65. The number of fused-ring (bicyclic) bond motifs is 1. The van der Waals surface area contributed by atoms with Crippen molar-refractivity contribution < 1.29 is 17.9 Å². The number of pyridine rings is 1. The van der Waals surface area contributed by atoms with Crippen molar-refractivity contribution >= 4 is 34.2 Å². The van der Waals surface area contributed by atoms with Crippen molar-refractivity contribution in [3.63, 3.8) is 0 Å². The second-order valence-electron chi connectivity index (χ2n) is 8.87. The van der Waals surface area contributed by atoms with Gasteiger partial charge in [0.1, 0.15) is 11.4 Å². The highest BCUT2D eigenvalue weighted by Crippen LogP contribution is 2.39. The zero-order valence-corrected chi connectivity index (χ0v) is 20.1. The lowest BCUT2D eigenvalue weighted by atomic mass is 9.96. The highest BCUT2D eigenvalue weighted by molar-refractivity contribution is 7.99. The molecule has 3 atom stereocenters. The molecule has 0 amide bonds. The van der Waals surface area contributed by atoms with Crippen LogP contribution >= 0.6 is 11.8 Å². The van der Waals surface area contributed by atoms with Gasteiger partial charge in [-0.15, -0.1) is 0 Å². The Labute approximate surface area is 209 Å². The number of halogens is 3. The van der Waals surface area contributed by atoms with E-state index in [9.17, 15) is 23.2 Å². The lowest BCUT2D eigenvalue weighted by Crippen LogP contribution is -2.42. The minimum atomic E-state index is -4.39. The lowest BCUT2D eigenvalue weighted by Gasteiger charge is -2.35. The van der Waals surface area contributed by atoms with Crippen molar-refractivity contribution in [3.05, 3.63) is 52.4 Å². The van der Waals surface area contributed by atoms with Crippen molar-refractivity contribution in [1.29, 1.82) is 5.26 Å². The molecule has 3 unspecified atom stereocenters. The number of aromatic amines is 1. The minimum absolute atomic E-state index is 0.171. The maximum absolute atomic E-state index is 13.9. The Kier molecular flexibility index (Phi) is 6.96. The van der Waals surface area contributed by atoms with E-state index in [2.05, 4.69) is 21.5 Å². The van der Waals surface area contributed by atoms with Gasteiger partial charge in [0.2, 0.25) is 0 Å². The van der Waals surface area contributed by atoms with E-state index in [0.717, 1.165) is 0 Å². The molecule has 2 aliphatic heterocycles. The fourth-order valence-electron chi connectivity index (χ4n) is 4.88. The fraction of sp³-hybridized carbons (Fsp3) is 0.458. The van der Waals surface area contributed by atoms with Crippen molar-refractivity contribution in [2.75, 3.05) is 43.1 Å². The summed E-state index contributed by atoms with van der Waals surface area (Å²) in [7, 11) is 0. The highest BCUT2D eigenvalue weighted by atomic mass is 32.2. The van der Waals surface area contributed by atoms with Crippen LogP contribution in [-0.4, -0.2) is 63.6 Å². The van der Waals surface area contributed by atoms with E-state index in [1.807, 2.05) is 0 Å². The summed E-state index contributed by atoms with van der Waals surface area (Å²) in [6.07, 6.45) is -2.31. The maximum atomic E-state index is 13.9. The van der Waals surface area contributed by atoms with E-state index < -0.39 is 12.2 Å². The summed E-state index contributed by atoms with van der Waals surface area (Å²) >= 11 is 1.66. The number of H-pyrrole nitrogens is 1. The van der Waals surface area contributed by atoms with Crippen LogP contribution in [0.15, 0.2) is 41.3 Å². The molecule has 2 N–H and O–H groups in total. The van der Waals surface area contributed by atoms with Crippen molar-refractivity contribution in [1.82, 2.24) is 19.7 Å². The molecule has 2 fully saturated rings. The molecule has 190 valence electrons. The topological polar surface area (TPSA) is 99.0 Å². The van der Waals surface area contributed by atoms with E-state index in [0.29, 0.717) is 60.8 Å². The van der Waals surface area contributed by atoms with Crippen LogP contribution in [0.1, 0.15) is 24.1 Å². The molecular formula is C24H25F3N6O2S. The Morgan fingerprint density at radius 2 is 1.97 bits per heavy atom. The van der Waals surface area contributed by atoms with E-state index in [1.165, 1.54) is 23.2 Å². The second kappa shape index (κ2) is 10.2. The first-order chi connectivity index (χ1) is 17.4. The average Bonchev–Trinajstić information content (AvgIpc) is 3.24. The fourth-order valence-corrected chi connectivity index (χ4v) is 5.81. The number of aromatic nitrogens is 3. The maximum Gasteiger partial charge on any atom is 0.408 e. The van der Waals surface area contributed by atoms with Gasteiger partial charge in [-0.05, 0) is 30.2 Å². The van der Waals surface area contributed by atoms with E-state index in [1.54, 1.807) is 34.6 Å². The summed E-state index contributed by atoms with van der Waals surface area (Å²) in [5.74, 6) is 1.30. The standard InChI is InChI=1S/C24H25F3N6O2S/c25-24(26,27)21(32-8-11-36-12-9-32)15-1-3-17(4-2-15)30-22-20-18(5-7-29-23(20)34)33(31-22)19-14-35-10-6-16(19)13-28/h1-5,7,16,19,21H,6,8-12,14H2,(H,29,34)(H,30,31). The van der Waals surface area contributed by atoms with Crippen LogP contribution in [0, 0.1) is 17.2 Å². The third-order valence-corrected chi connectivity index (χ3v) is 7.59. The van der Waals surface area contributed by atoms with Gasteiger partial charge in [0.15, 0.2) is 5.82 Å². The Morgan fingerprint density at radius 3 is 2.67 bits per heavy atom. The van der Waals surface area contributed by atoms with Crippen LogP contribution in [0.4, 0.5) is 24.7 Å². The van der Waals surface area contributed by atoms with Crippen LogP contribution in [0.3, 0.4) is 0 Å². The van der Waals surface area contributed by atoms with Crippen molar-refractivity contribution in [2.24, 2.45) is 5.92 Å². The normalized spacial score (nSPS) is 22.3. The Morgan fingerprint density at radius 1 is 1.22 bits per heavy atom. The molecule has 36 heavy (non-hydrogen) atoms. The zero-order valence-electron chi connectivity index (χ0n) is 19.3. The van der Waals surface area contributed by atoms with Crippen LogP contribution in [-0.2, 0) is 4.74 Å². The summed E-state index contributed by atoms with van der Waals surface area (Å²) in [5.41, 5.74) is 0.863. The molecule has 0 bridgehead atoms. The number of anilines is 2. The molecule has 0 spiro atoms. The van der Waals surface area contributed by atoms with E-state index in [-0.39, 0.29) is 28.9 Å². The average molecular weight is 519 g/mol. The highest BCUT2D eigenvalue weighted by Gasteiger charge is 2.44. The van der Waals surface area contributed by atoms with Gasteiger partial charge in [-0.1, -0.05) is 12.1 Å². The number of thioether (sulfide) groups is 1.